The molecule has 1 heterocycles. The van der Waals surface area contributed by atoms with E-state index >= 15 is 0 Å². The number of rotatable bonds is 2. The Morgan fingerprint density at radius 1 is 1.36 bits per heavy atom. The lowest BCUT2D eigenvalue weighted by Crippen LogP contribution is -2.03. The van der Waals surface area contributed by atoms with Crippen LogP contribution in [0.5, 0.6) is 0 Å². The molecule has 0 aromatic heterocycles. The van der Waals surface area contributed by atoms with Gasteiger partial charge in [0.1, 0.15) is 0 Å². The third-order valence-electron chi connectivity index (χ3n) is 2.57. The maximum Gasteiger partial charge on any atom is 0.179 e. The predicted molar refractivity (Wildman–Crippen MR) is 59.6 cm³/mol. The van der Waals surface area contributed by atoms with Crippen molar-refractivity contribution >= 4 is 25.8 Å². The van der Waals surface area contributed by atoms with E-state index in [9.17, 15) is 8.42 Å². The smallest absolute Gasteiger partial charge is 0.179 e. The monoisotopic (exact) mass is 274 g/mol. The summed E-state index contributed by atoms with van der Waals surface area (Å²) in [5.74, 6) is 0.452. The van der Waals surface area contributed by atoms with E-state index in [1.165, 1.54) is 0 Å². The van der Waals surface area contributed by atoms with Crippen molar-refractivity contribution in [3.63, 3.8) is 0 Å². The van der Waals surface area contributed by atoms with E-state index in [0.29, 0.717) is 4.90 Å². The molecular weight excluding hydrogens is 264 g/mol. The Bertz CT molecular complexity index is 439. The number of hydrogen-bond donors (Lipinski definition) is 0. The molecule has 1 aliphatic rings. The Morgan fingerprint density at radius 2 is 2.07 bits per heavy atom. The normalized spacial score (nSPS) is 23.4. The van der Waals surface area contributed by atoms with Crippen LogP contribution in [-0.4, -0.2) is 19.5 Å². The van der Waals surface area contributed by atoms with Crippen LogP contribution < -0.4 is 0 Å². The summed E-state index contributed by atoms with van der Waals surface area (Å²) in [7, 11) is -3.00. The van der Waals surface area contributed by atoms with Gasteiger partial charge in [-0.25, -0.2) is 8.42 Å². The Morgan fingerprint density at radius 3 is 2.79 bits per heavy atom. The molecule has 0 amide bonds. The molecular formula is C10H11BrO2S. The molecule has 0 saturated heterocycles. The van der Waals surface area contributed by atoms with Crippen molar-refractivity contribution in [3.8, 4) is 0 Å². The lowest BCUT2D eigenvalue weighted by atomic mass is 9.99. The van der Waals surface area contributed by atoms with Gasteiger partial charge in [0.15, 0.2) is 9.84 Å². The third kappa shape index (κ3) is 1.61. The largest absolute Gasteiger partial charge is 0.224 e. The quantitative estimate of drug-likeness (QED) is 0.776. The average Bonchev–Trinajstić information content (AvgIpc) is 2.41. The molecule has 76 valence electrons. The highest BCUT2D eigenvalue weighted by atomic mass is 79.9. The van der Waals surface area contributed by atoms with Crippen LogP contribution in [0.1, 0.15) is 17.9 Å². The number of alkyl halides is 1. The molecule has 1 aliphatic heterocycles. The van der Waals surface area contributed by atoms with Crippen LogP contribution in [0, 0.1) is 0 Å². The van der Waals surface area contributed by atoms with Crippen LogP contribution in [0.2, 0.25) is 0 Å². The average molecular weight is 275 g/mol. The molecule has 4 heteroatoms. The molecule has 1 aromatic carbocycles. The molecule has 14 heavy (non-hydrogen) atoms. The standard InChI is InChI=1S/C10H11BrO2S/c11-6-5-8-7-14(12,13)10-4-2-1-3-9(8)10/h1-4,8H,5-7H2. The Kier molecular flexibility index (Phi) is 2.66. The van der Waals surface area contributed by atoms with E-state index in [1.807, 2.05) is 12.1 Å². The highest BCUT2D eigenvalue weighted by Crippen LogP contribution is 2.36. The summed E-state index contributed by atoms with van der Waals surface area (Å²) in [6, 6.07) is 7.32. The van der Waals surface area contributed by atoms with Crippen LogP contribution in [0.25, 0.3) is 0 Å². The summed E-state index contributed by atoms with van der Waals surface area (Å²) in [6.07, 6.45) is 0.885. The summed E-state index contributed by atoms with van der Waals surface area (Å²) >= 11 is 3.35. The SMILES string of the molecule is O=S1(=O)CC(CCBr)c2ccccc21. The zero-order chi connectivity index (χ0) is 10.2. The van der Waals surface area contributed by atoms with Gasteiger partial charge in [-0.1, -0.05) is 34.1 Å². The first-order valence-electron chi connectivity index (χ1n) is 4.53. The minimum Gasteiger partial charge on any atom is -0.224 e. The number of fused-ring (bicyclic) bond motifs is 1. The number of hydrogen-bond acceptors (Lipinski definition) is 2. The Labute approximate surface area is 92.4 Å². The van der Waals surface area contributed by atoms with Crippen molar-refractivity contribution in [1.82, 2.24) is 0 Å². The van der Waals surface area contributed by atoms with Gasteiger partial charge in [0.2, 0.25) is 0 Å². The van der Waals surface area contributed by atoms with Gasteiger partial charge in [0, 0.05) is 11.2 Å². The summed E-state index contributed by atoms with van der Waals surface area (Å²) in [6.45, 7) is 0. The van der Waals surface area contributed by atoms with Gasteiger partial charge in [0.05, 0.1) is 10.6 Å². The first-order valence-corrected chi connectivity index (χ1v) is 7.30. The Hall–Kier alpha value is -0.350. The summed E-state index contributed by atoms with van der Waals surface area (Å²) < 4.78 is 23.4. The molecule has 0 aliphatic carbocycles. The van der Waals surface area contributed by atoms with Crippen molar-refractivity contribution in [2.75, 3.05) is 11.1 Å². The molecule has 0 bridgehead atoms. The second-order valence-electron chi connectivity index (χ2n) is 3.49. The van der Waals surface area contributed by atoms with Crippen LogP contribution in [0.3, 0.4) is 0 Å². The van der Waals surface area contributed by atoms with Crippen molar-refractivity contribution in [1.29, 1.82) is 0 Å². The van der Waals surface area contributed by atoms with E-state index in [4.69, 9.17) is 0 Å². The predicted octanol–water partition coefficient (Wildman–Crippen LogP) is 2.34. The van der Waals surface area contributed by atoms with E-state index in [-0.39, 0.29) is 11.7 Å². The van der Waals surface area contributed by atoms with Gasteiger partial charge in [-0.15, -0.1) is 0 Å². The lowest BCUT2D eigenvalue weighted by Gasteiger charge is -2.05. The van der Waals surface area contributed by atoms with Gasteiger partial charge in [0.25, 0.3) is 0 Å². The fraction of sp³-hybridized carbons (Fsp3) is 0.400. The zero-order valence-corrected chi connectivity index (χ0v) is 10.0. The molecule has 2 rings (SSSR count). The maximum atomic E-state index is 11.7. The first kappa shape index (κ1) is 10.2. The topological polar surface area (TPSA) is 34.1 Å². The van der Waals surface area contributed by atoms with Gasteiger partial charge in [-0.2, -0.15) is 0 Å². The van der Waals surface area contributed by atoms with Crippen molar-refractivity contribution in [3.05, 3.63) is 29.8 Å². The van der Waals surface area contributed by atoms with Crippen molar-refractivity contribution in [2.45, 2.75) is 17.2 Å². The van der Waals surface area contributed by atoms with Gasteiger partial charge >= 0.3 is 0 Å². The molecule has 1 atom stereocenters. The van der Waals surface area contributed by atoms with E-state index in [0.717, 1.165) is 17.3 Å². The van der Waals surface area contributed by atoms with Crippen LogP contribution in [0.15, 0.2) is 29.2 Å². The molecule has 0 fully saturated rings. The summed E-state index contributed by atoms with van der Waals surface area (Å²) in [5.41, 5.74) is 0.993. The summed E-state index contributed by atoms with van der Waals surface area (Å²) in [4.78, 5) is 0.533. The molecule has 0 saturated carbocycles. The molecule has 1 unspecified atom stereocenters. The zero-order valence-electron chi connectivity index (χ0n) is 7.61. The number of benzene rings is 1. The minimum atomic E-state index is -3.00. The number of halogens is 1. The van der Waals surface area contributed by atoms with Crippen LogP contribution in [-0.2, 0) is 9.84 Å². The van der Waals surface area contributed by atoms with Crippen molar-refractivity contribution in [2.24, 2.45) is 0 Å². The molecule has 1 aromatic rings. The highest BCUT2D eigenvalue weighted by Gasteiger charge is 2.33. The van der Waals surface area contributed by atoms with E-state index in [2.05, 4.69) is 15.9 Å². The maximum absolute atomic E-state index is 11.7. The molecule has 0 N–H and O–H groups in total. The first-order chi connectivity index (χ1) is 6.65. The second kappa shape index (κ2) is 3.66. The van der Waals surface area contributed by atoms with Gasteiger partial charge < -0.3 is 0 Å². The fourth-order valence-electron chi connectivity index (χ4n) is 1.92. The molecule has 0 spiro atoms. The highest BCUT2D eigenvalue weighted by molar-refractivity contribution is 9.09. The Balaban J connectivity index is 2.50. The van der Waals surface area contributed by atoms with Gasteiger partial charge in [-0.05, 0) is 18.1 Å². The second-order valence-corrected chi connectivity index (χ2v) is 6.29. The molecule has 2 nitrogen and oxygen atoms in total. The molecule has 0 radical (unpaired) electrons. The van der Waals surface area contributed by atoms with E-state index in [1.54, 1.807) is 12.1 Å². The van der Waals surface area contributed by atoms with Gasteiger partial charge in [-0.3, -0.25) is 0 Å². The van der Waals surface area contributed by atoms with Crippen molar-refractivity contribution < 1.29 is 8.42 Å². The number of sulfone groups is 1. The van der Waals surface area contributed by atoms with Crippen LogP contribution >= 0.6 is 15.9 Å². The minimum absolute atomic E-state index is 0.176. The fourth-order valence-corrected chi connectivity index (χ4v) is 4.40. The van der Waals surface area contributed by atoms with Crippen LogP contribution in [0.4, 0.5) is 0 Å². The lowest BCUT2D eigenvalue weighted by molar-refractivity contribution is 0.596. The summed E-state index contributed by atoms with van der Waals surface area (Å²) in [5, 5.41) is 0.849. The van der Waals surface area contributed by atoms with E-state index < -0.39 is 9.84 Å². The third-order valence-corrected chi connectivity index (χ3v) is 4.91.